The summed E-state index contributed by atoms with van der Waals surface area (Å²) in [4.78, 5) is 17.0. The number of amides is 1. The molecule has 1 aliphatic rings. The van der Waals surface area contributed by atoms with Crippen LogP contribution in [-0.2, 0) is 5.41 Å². The van der Waals surface area contributed by atoms with Crippen LogP contribution < -0.4 is 5.32 Å². The van der Waals surface area contributed by atoms with E-state index in [1.165, 1.54) is 24.3 Å². The summed E-state index contributed by atoms with van der Waals surface area (Å²) in [6.07, 6.45) is 1.86. The Labute approximate surface area is 197 Å². The first kappa shape index (κ1) is 24.9. The molecule has 1 atom stereocenters. The molecular formula is C27H35FN4O. The van der Waals surface area contributed by atoms with E-state index in [1.54, 1.807) is 0 Å². The molecule has 6 heteroatoms. The zero-order valence-electron chi connectivity index (χ0n) is 19.8. The summed E-state index contributed by atoms with van der Waals surface area (Å²) in [6, 6.07) is 18.4. The van der Waals surface area contributed by atoms with E-state index < -0.39 is 5.41 Å². The molecule has 2 aromatic rings. The Morgan fingerprint density at radius 3 is 2.21 bits per heavy atom. The minimum atomic E-state index is -0.439. The van der Waals surface area contributed by atoms with Gasteiger partial charge in [0, 0.05) is 44.8 Å². The average Bonchev–Trinajstić information content (AvgIpc) is 2.83. The average molecular weight is 451 g/mol. The molecule has 176 valence electrons. The smallest absolute Gasteiger partial charge is 0.251 e. The molecule has 0 aliphatic carbocycles. The molecule has 0 saturated carbocycles. The van der Waals surface area contributed by atoms with Gasteiger partial charge in [0.2, 0.25) is 0 Å². The summed E-state index contributed by atoms with van der Waals surface area (Å²) in [7, 11) is 0. The van der Waals surface area contributed by atoms with Gasteiger partial charge in [-0.2, -0.15) is 5.26 Å². The van der Waals surface area contributed by atoms with E-state index in [4.69, 9.17) is 0 Å². The molecule has 0 bridgehead atoms. The van der Waals surface area contributed by atoms with E-state index >= 15 is 0 Å². The zero-order chi connectivity index (χ0) is 23.7. The molecule has 1 unspecified atom stereocenters. The van der Waals surface area contributed by atoms with Crippen LogP contribution in [0.3, 0.4) is 0 Å². The van der Waals surface area contributed by atoms with Crippen molar-refractivity contribution in [1.82, 2.24) is 15.1 Å². The predicted molar refractivity (Wildman–Crippen MR) is 129 cm³/mol. The van der Waals surface area contributed by atoms with Gasteiger partial charge in [-0.15, -0.1) is 0 Å². The summed E-state index contributed by atoms with van der Waals surface area (Å²) >= 11 is 0. The number of hydrogen-bond donors (Lipinski definition) is 1. The van der Waals surface area contributed by atoms with E-state index in [2.05, 4.69) is 47.2 Å². The third-order valence-electron chi connectivity index (χ3n) is 6.80. The van der Waals surface area contributed by atoms with Crippen molar-refractivity contribution in [1.29, 1.82) is 5.26 Å². The number of benzene rings is 2. The van der Waals surface area contributed by atoms with Crippen molar-refractivity contribution in [3.05, 3.63) is 71.5 Å². The summed E-state index contributed by atoms with van der Waals surface area (Å²) in [6.45, 7) is 10.6. The molecule has 3 rings (SSSR count). The molecule has 1 saturated heterocycles. The van der Waals surface area contributed by atoms with Gasteiger partial charge in [0.15, 0.2) is 0 Å². The third-order valence-corrected chi connectivity index (χ3v) is 6.80. The minimum absolute atomic E-state index is 0.168. The van der Waals surface area contributed by atoms with Crippen molar-refractivity contribution in [2.75, 3.05) is 45.8 Å². The predicted octanol–water partition coefficient (Wildman–Crippen LogP) is 4.07. The molecule has 1 fully saturated rings. The van der Waals surface area contributed by atoms with Crippen LogP contribution in [0.1, 0.15) is 42.6 Å². The second-order valence-electron chi connectivity index (χ2n) is 9.15. The Kier molecular flexibility index (Phi) is 8.99. The van der Waals surface area contributed by atoms with Gasteiger partial charge in [0.05, 0.1) is 11.5 Å². The van der Waals surface area contributed by atoms with Crippen LogP contribution in [0.4, 0.5) is 4.39 Å². The molecule has 1 aliphatic heterocycles. The van der Waals surface area contributed by atoms with Crippen molar-refractivity contribution in [3.63, 3.8) is 0 Å². The van der Waals surface area contributed by atoms with Gasteiger partial charge >= 0.3 is 0 Å². The second kappa shape index (κ2) is 11.9. The lowest BCUT2D eigenvalue weighted by Crippen LogP contribution is -2.48. The highest BCUT2D eigenvalue weighted by Gasteiger charge is 2.35. The first-order valence-electron chi connectivity index (χ1n) is 11.9. The molecule has 5 nitrogen and oxygen atoms in total. The molecule has 1 N–H and O–H groups in total. The lowest BCUT2D eigenvalue weighted by Gasteiger charge is -2.36. The number of nitrogens with one attached hydrogen (secondary N) is 1. The van der Waals surface area contributed by atoms with Gasteiger partial charge in [0.1, 0.15) is 5.82 Å². The Bertz CT molecular complexity index is 917. The fourth-order valence-corrected chi connectivity index (χ4v) is 4.60. The Balaban J connectivity index is 1.38. The standard InChI is InChI=1S/C27H35FN4O/c1-22(2)27(21-29,24-7-4-3-5-8-24)13-6-15-31-17-19-32(20-18-31)16-14-30-26(33)23-9-11-25(28)12-10-23/h3-5,7-12,22H,6,13-20H2,1-2H3,(H,30,33). The molecule has 1 amide bonds. The molecule has 0 spiro atoms. The topological polar surface area (TPSA) is 59.4 Å². The van der Waals surface area contributed by atoms with E-state index in [0.717, 1.165) is 57.7 Å². The van der Waals surface area contributed by atoms with Gasteiger partial charge < -0.3 is 10.2 Å². The van der Waals surface area contributed by atoms with Crippen LogP contribution in [0, 0.1) is 23.1 Å². The number of carbonyl (C=O) groups excluding carboxylic acids is 1. The highest BCUT2D eigenvalue weighted by molar-refractivity contribution is 5.94. The lowest BCUT2D eigenvalue weighted by atomic mass is 9.70. The Morgan fingerprint density at radius 1 is 1.03 bits per heavy atom. The van der Waals surface area contributed by atoms with Gasteiger partial charge in [-0.25, -0.2) is 4.39 Å². The van der Waals surface area contributed by atoms with Crippen LogP contribution in [0.5, 0.6) is 0 Å². The number of nitrogens with zero attached hydrogens (tertiary/aromatic N) is 3. The summed E-state index contributed by atoms with van der Waals surface area (Å²) in [5.41, 5.74) is 1.16. The Morgan fingerprint density at radius 2 is 1.64 bits per heavy atom. The number of piperazine rings is 1. The largest absolute Gasteiger partial charge is 0.351 e. The van der Waals surface area contributed by atoms with Crippen LogP contribution in [0.25, 0.3) is 0 Å². The van der Waals surface area contributed by atoms with Crippen LogP contribution in [-0.4, -0.2) is 61.5 Å². The highest BCUT2D eigenvalue weighted by atomic mass is 19.1. The quantitative estimate of drug-likeness (QED) is 0.593. The van der Waals surface area contributed by atoms with E-state index in [-0.39, 0.29) is 17.6 Å². The number of halogens is 1. The zero-order valence-corrected chi connectivity index (χ0v) is 19.8. The fourth-order valence-electron chi connectivity index (χ4n) is 4.60. The maximum absolute atomic E-state index is 13.0. The van der Waals surface area contributed by atoms with E-state index in [1.807, 2.05) is 18.2 Å². The molecule has 0 aromatic heterocycles. The van der Waals surface area contributed by atoms with Gasteiger partial charge in [-0.3, -0.25) is 9.69 Å². The maximum Gasteiger partial charge on any atom is 0.251 e. The van der Waals surface area contributed by atoms with Crippen LogP contribution in [0.15, 0.2) is 54.6 Å². The fraction of sp³-hybridized carbons (Fsp3) is 0.481. The number of rotatable bonds is 10. The van der Waals surface area contributed by atoms with E-state index in [9.17, 15) is 14.4 Å². The minimum Gasteiger partial charge on any atom is -0.351 e. The van der Waals surface area contributed by atoms with E-state index in [0.29, 0.717) is 12.1 Å². The first-order chi connectivity index (χ1) is 15.9. The van der Waals surface area contributed by atoms with Crippen LogP contribution >= 0.6 is 0 Å². The Hall–Kier alpha value is -2.75. The molecule has 2 aromatic carbocycles. The second-order valence-corrected chi connectivity index (χ2v) is 9.15. The lowest BCUT2D eigenvalue weighted by molar-refractivity contribution is 0.0935. The SMILES string of the molecule is CC(C)C(C#N)(CCCN1CCN(CCNC(=O)c2ccc(F)cc2)CC1)c1ccccc1. The van der Waals surface area contributed by atoms with Gasteiger partial charge in [-0.1, -0.05) is 44.2 Å². The highest BCUT2D eigenvalue weighted by Crippen LogP contribution is 2.36. The summed E-state index contributed by atoms with van der Waals surface area (Å²) in [5, 5.41) is 13.0. The number of nitriles is 1. The third kappa shape index (κ3) is 6.63. The van der Waals surface area contributed by atoms with Crippen molar-refractivity contribution < 1.29 is 9.18 Å². The molecule has 1 heterocycles. The van der Waals surface area contributed by atoms with Crippen molar-refractivity contribution in [2.24, 2.45) is 5.92 Å². The summed E-state index contributed by atoms with van der Waals surface area (Å²) < 4.78 is 13.0. The van der Waals surface area contributed by atoms with Crippen molar-refractivity contribution >= 4 is 5.91 Å². The normalized spacial score (nSPS) is 16.8. The first-order valence-corrected chi connectivity index (χ1v) is 11.9. The number of hydrogen-bond acceptors (Lipinski definition) is 4. The monoisotopic (exact) mass is 450 g/mol. The van der Waals surface area contributed by atoms with Crippen LogP contribution in [0.2, 0.25) is 0 Å². The van der Waals surface area contributed by atoms with Crippen molar-refractivity contribution in [3.8, 4) is 6.07 Å². The maximum atomic E-state index is 13.0. The molecule has 0 radical (unpaired) electrons. The van der Waals surface area contributed by atoms with Gasteiger partial charge in [-0.05, 0) is 55.1 Å². The molecular weight excluding hydrogens is 415 g/mol. The van der Waals surface area contributed by atoms with Gasteiger partial charge in [0.25, 0.3) is 5.91 Å². The number of carbonyl (C=O) groups is 1. The summed E-state index contributed by atoms with van der Waals surface area (Å²) in [5.74, 6) is -0.253. The van der Waals surface area contributed by atoms with Crippen molar-refractivity contribution in [2.45, 2.75) is 32.1 Å². The molecule has 33 heavy (non-hydrogen) atoms.